The second-order valence-electron chi connectivity index (χ2n) is 6.70. The molecule has 1 aromatic carbocycles. The Morgan fingerprint density at radius 3 is 2.52 bits per heavy atom. The van der Waals surface area contributed by atoms with Gasteiger partial charge in [-0.2, -0.15) is 10.2 Å². The molecular formula is C21H24N6. The molecule has 1 fully saturated rings. The predicted octanol–water partition coefficient (Wildman–Crippen LogP) is 4.01. The highest BCUT2D eigenvalue weighted by Gasteiger charge is 2.22. The number of rotatable bonds is 5. The topological polar surface area (TPSA) is 58.3 Å². The summed E-state index contributed by atoms with van der Waals surface area (Å²) in [6.07, 6.45) is 7.32. The molecular weight excluding hydrogens is 336 g/mol. The first-order chi connectivity index (χ1) is 13.3. The van der Waals surface area contributed by atoms with Crippen LogP contribution in [0.2, 0.25) is 0 Å². The van der Waals surface area contributed by atoms with Gasteiger partial charge >= 0.3 is 0 Å². The summed E-state index contributed by atoms with van der Waals surface area (Å²) in [6, 6.07) is 16.0. The predicted molar refractivity (Wildman–Crippen MR) is 110 cm³/mol. The molecule has 0 atom stereocenters. The first kappa shape index (κ1) is 17.3. The zero-order valence-electron chi connectivity index (χ0n) is 15.5. The molecule has 138 valence electrons. The van der Waals surface area contributed by atoms with Crippen LogP contribution < -0.4 is 10.3 Å². The Labute approximate surface area is 159 Å². The lowest BCUT2D eigenvalue weighted by atomic mass is 10.1. The van der Waals surface area contributed by atoms with Crippen LogP contribution in [-0.4, -0.2) is 34.1 Å². The highest BCUT2D eigenvalue weighted by atomic mass is 15.4. The SMILES string of the molecule is Cc1nn(-c2ccccc2)c(N2CCCCC2)c1/C=N/Nc1ccccn1. The van der Waals surface area contributed by atoms with E-state index in [2.05, 4.69) is 32.5 Å². The van der Waals surface area contributed by atoms with Crippen molar-refractivity contribution in [2.24, 2.45) is 5.10 Å². The van der Waals surface area contributed by atoms with E-state index in [4.69, 9.17) is 5.10 Å². The lowest BCUT2D eigenvalue weighted by molar-refractivity contribution is 0.567. The molecule has 1 aliphatic rings. The first-order valence-electron chi connectivity index (χ1n) is 9.43. The average Bonchev–Trinajstić information content (AvgIpc) is 3.06. The number of benzene rings is 1. The molecule has 2 aromatic heterocycles. The van der Waals surface area contributed by atoms with Crippen LogP contribution in [0.5, 0.6) is 0 Å². The Morgan fingerprint density at radius 2 is 1.78 bits per heavy atom. The van der Waals surface area contributed by atoms with Gasteiger partial charge in [0.05, 0.1) is 23.2 Å². The summed E-state index contributed by atoms with van der Waals surface area (Å²) in [4.78, 5) is 6.67. The van der Waals surface area contributed by atoms with Crippen LogP contribution in [0.4, 0.5) is 11.6 Å². The van der Waals surface area contributed by atoms with Crippen LogP contribution in [0.1, 0.15) is 30.5 Å². The van der Waals surface area contributed by atoms with Gasteiger partial charge in [-0.25, -0.2) is 9.67 Å². The minimum Gasteiger partial charge on any atom is -0.356 e. The standard InChI is InChI=1S/C21H24N6/c1-17-19(16-23-24-20-12-6-7-13-22-20)21(26-14-8-3-9-15-26)27(25-17)18-10-4-2-5-11-18/h2,4-7,10-13,16H,3,8-9,14-15H2,1H3,(H,22,24)/b23-16+. The number of nitrogens with zero attached hydrogens (tertiary/aromatic N) is 5. The summed E-state index contributed by atoms with van der Waals surface area (Å²) in [7, 11) is 0. The number of anilines is 2. The molecule has 27 heavy (non-hydrogen) atoms. The fraction of sp³-hybridized carbons (Fsp3) is 0.286. The van der Waals surface area contributed by atoms with Crippen molar-refractivity contribution in [2.75, 3.05) is 23.4 Å². The van der Waals surface area contributed by atoms with Gasteiger partial charge in [0.2, 0.25) is 0 Å². The van der Waals surface area contributed by atoms with Crippen molar-refractivity contribution in [3.05, 3.63) is 66.0 Å². The Morgan fingerprint density at radius 1 is 1.00 bits per heavy atom. The maximum absolute atomic E-state index is 4.82. The maximum atomic E-state index is 4.82. The van der Waals surface area contributed by atoms with Crippen molar-refractivity contribution in [2.45, 2.75) is 26.2 Å². The third-order valence-electron chi connectivity index (χ3n) is 4.78. The van der Waals surface area contributed by atoms with Gasteiger partial charge in [-0.3, -0.25) is 5.43 Å². The molecule has 0 radical (unpaired) electrons. The van der Waals surface area contributed by atoms with Crippen molar-refractivity contribution < 1.29 is 0 Å². The Balaban J connectivity index is 1.70. The van der Waals surface area contributed by atoms with Crippen LogP contribution in [0.25, 0.3) is 5.69 Å². The van der Waals surface area contributed by atoms with Gasteiger partial charge in [0, 0.05) is 19.3 Å². The molecule has 1 aliphatic heterocycles. The maximum Gasteiger partial charge on any atom is 0.146 e. The number of piperidine rings is 1. The summed E-state index contributed by atoms with van der Waals surface area (Å²) < 4.78 is 2.04. The Kier molecular flexibility index (Phi) is 5.14. The van der Waals surface area contributed by atoms with E-state index >= 15 is 0 Å². The van der Waals surface area contributed by atoms with Gasteiger partial charge in [0.1, 0.15) is 11.6 Å². The molecule has 6 nitrogen and oxygen atoms in total. The molecule has 0 unspecified atom stereocenters. The van der Waals surface area contributed by atoms with Crippen LogP contribution in [-0.2, 0) is 0 Å². The zero-order valence-corrected chi connectivity index (χ0v) is 15.5. The number of hydrazone groups is 1. The average molecular weight is 360 g/mol. The lowest BCUT2D eigenvalue weighted by Gasteiger charge is -2.29. The second kappa shape index (κ2) is 8.03. The van der Waals surface area contributed by atoms with E-state index in [-0.39, 0.29) is 0 Å². The molecule has 4 rings (SSSR count). The fourth-order valence-electron chi connectivity index (χ4n) is 3.43. The number of aryl methyl sites for hydroxylation is 1. The molecule has 0 saturated carbocycles. The van der Waals surface area contributed by atoms with Gasteiger partial charge in [-0.1, -0.05) is 24.3 Å². The van der Waals surface area contributed by atoms with Gasteiger partial charge in [0.15, 0.2) is 0 Å². The Bertz CT molecular complexity index is 895. The highest BCUT2D eigenvalue weighted by molar-refractivity contribution is 5.89. The number of pyridine rings is 1. The van der Waals surface area contributed by atoms with Crippen molar-refractivity contribution in [1.82, 2.24) is 14.8 Å². The van der Waals surface area contributed by atoms with Gasteiger partial charge in [-0.05, 0) is 50.5 Å². The molecule has 3 aromatic rings. The molecule has 3 heterocycles. The van der Waals surface area contributed by atoms with E-state index < -0.39 is 0 Å². The van der Waals surface area contributed by atoms with Gasteiger partial charge < -0.3 is 4.90 Å². The number of nitrogens with one attached hydrogen (secondary N) is 1. The van der Waals surface area contributed by atoms with E-state index in [0.717, 1.165) is 41.7 Å². The summed E-state index contributed by atoms with van der Waals surface area (Å²) in [5, 5.41) is 9.24. The summed E-state index contributed by atoms with van der Waals surface area (Å²) in [5.41, 5.74) is 6.08. The lowest BCUT2D eigenvalue weighted by Crippen LogP contribution is -2.32. The smallest absolute Gasteiger partial charge is 0.146 e. The molecule has 0 aliphatic carbocycles. The molecule has 1 saturated heterocycles. The van der Waals surface area contributed by atoms with Crippen molar-refractivity contribution >= 4 is 17.9 Å². The number of aromatic nitrogens is 3. The third-order valence-corrected chi connectivity index (χ3v) is 4.78. The number of hydrogen-bond acceptors (Lipinski definition) is 5. The Hall–Kier alpha value is -3.15. The summed E-state index contributed by atoms with van der Waals surface area (Å²) in [5.74, 6) is 1.84. The van der Waals surface area contributed by atoms with Crippen LogP contribution >= 0.6 is 0 Å². The summed E-state index contributed by atoms with van der Waals surface area (Å²) >= 11 is 0. The van der Waals surface area contributed by atoms with E-state index in [0.29, 0.717) is 0 Å². The monoisotopic (exact) mass is 360 g/mol. The van der Waals surface area contributed by atoms with Crippen molar-refractivity contribution in [3.8, 4) is 5.69 Å². The van der Waals surface area contributed by atoms with Gasteiger partial charge in [0.25, 0.3) is 0 Å². The largest absolute Gasteiger partial charge is 0.356 e. The summed E-state index contributed by atoms with van der Waals surface area (Å²) in [6.45, 7) is 4.13. The van der Waals surface area contributed by atoms with E-state index in [1.54, 1.807) is 6.20 Å². The van der Waals surface area contributed by atoms with E-state index in [1.807, 2.05) is 54.2 Å². The van der Waals surface area contributed by atoms with Crippen LogP contribution in [0, 0.1) is 6.92 Å². The van der Waals surface area contributed by atoms with Crippen LogP contribution in [0.15, 0.2) is 59.8 Å². The number of para-hydroxylation sites is 1. The quantitative estimate of drug-likeness (QED) is 0.552. The molecule has 0 amide bonds. The minimum atomic E-state index is 0.723. The van der Waals surface area contributed by atoms with Crippen molar-refractivity contribution in [1.29, 1.82) is 0 Å². The normalized spacial score (nSPS) is 14.6. The molecule has 1 N–H and O–H groups in total. The van der Waals surface area contributed by atoms with Gasteiger partial charge in [-0.15, -0.1) is 0 Å². The zero-order chi connectivity index (χ0) is 18.5. The van der Waals surface area contributed by atoms with E-state index in [9.17, 15) is 0 Å². The number of hydrogen-bond donors (Lipinski definition) is 1. The second-order valence-corrected chi connectivity index (χ2v) is 6.70. The highest BCUT2D eigenvalue weighted by Crippen LogP contribution is 2.28. The molecule has 0 spiro atoms. The minimum absolute atomic E-state index is 0.723. The fourth-order valence-corrected chi connectivity index (χ4v) is 3.43. The van der Waals surface area contributed by atoms with E-state index in [1.165, 1.54) is 19.3 Å². The van der Waals surface area contributed by atoms with Crippen LogP contribution in [0.3, 0.4) is 0 Å². The molecule has 0 bridgehead atoms. The van der Waals surface area contributed by atoms with Crippen molar-refractivity contribution in [3.63, 3.8) is 0 Å². The molecule has 6 heteroatoms. The first-order valence-corrected chi connectivity index (χ1v) is 9.43. The third kappa shape index (κ3) is 3.84.